The maximum Gasteiger partial charge on any atom is 0.175 e. The largest absolute Gasteiger partial charge is 0.380 e. The van der Waals surface area contributed by atoms with Crippen molar-refractivity contribution in [2.24, 2.45) is 5.92 Å². The fraction of sp³-hybridized carbons (Fsp3) is 0.308. The lowest BCUT2D eigenvalue weighted by Gasteiger charge is -2.04. The maximum absolute atomic E-state index is 13.1. The number of aromatic nitrogens is 1. The molecule has 0 atom stereocenters. The monoisotopic (exact) mass is 266 g/mol. The van der Waals surface area contributed by atoms with E-state index in [1.54, 1.807) is 6.07 Å². The van der Waals surface area contributed by atoms with E-state index >= 15 is 0 Å². The van der Waals surface area contributed by atoms with Gasteiger partial charge in [-0.3, -0.25) is 0 Å². The zero-order chi connectivity index (χ0) is 12.7. The van der Waals surface area contributed by atoms with Gasteiger partial charge in [0.25, 0.3) is 0 Å². The molecule has 0 saturated heterocycles. The molecule has 94 valence electrons. The first kappa shape index (κ1) is 11.5. The number of halogens is 2. The Morgan fingerprint density at radius 3 is 2.89 bits per heavy atom. The van der Waals surface area contributed by atoms with Crippen molar-refractivity contribution in [3.63, 3.8) is 0 Å². The van der Waals surface area contributed by atoms with Crippen LogP contribution in [0.25, 0.3) is 11.1 Å². The van der Waals surface area contributed by atoms with Crippen molar-refractivity contribution < 1.29 is 8.91 Å². The smallest absolute Gasteiger partial charge is 0.175 e. The van der Waals surface area contributed by atoms with Crippen LogP contribution in [0.5, 0.6) is 0 Å². The lowest BCUT2D eigenvalue weighted by Crippen LogP contribution is -1.93. The van der Waals surface area contributed by atoms with Gasteiger partial charge >= 0.3 is 0 Å². The molecule has 2 aromatic rings. The number of benzene rings is 1. The first-order valence-electron chi connectivity index (χ1n) is 5.84. The third-order valence-electron chi connectivity index (χ3n) is 3.16. The number of nitrogen functional groups attached to an aromatic ring is 1. The summed E-state index contributed by atoms with van der Waals surface area (Å²) in [7, 11) is 0. The molecule has 0 unspecified atom stereocenters. The average molecular weight is 267 g/mol. The summed E-state index contributed by atoms with van der Waals surface area (Å²) in [6, 6.07) is 4.23. The van der Waals surface area contributed by atoms with Crippen molar-refractivity contribution in [1.82, 2.24) is 5.16 Å². The highest BCUT2D eigenvalue weighted by Crippen LogP contribution is 2.40. The van der Waals surface area contributed by atoms with Crippen molar-refractivity contribution in [2.75, 3.05) is 5.73 Å². The lowest BCUT2D eigenvalue weighted by molar-refractivity contribution is 0.381. The van der Waals surface area contributed by atoms with E-state index in [2.05, 4.69) is 5.16 Å². The normalized spacial score (nSPS) is 15.0. The van der Waals surface area contributed by atoms with Crippen LogP contribution in [0.1, 0.15) is 18.6 Å². The number of anilines is 1. The summed E-state index contributed by atoms with van der Waals surface area (Å²) in [6.45, 7) is 0. The number of nitrogens with two attached hydrogens (primary N) is 1. The zero-order valence-corrected chi connectivity index (χ0v) is 10.4. The van der Waals surface area contributed by atoms with Crippen LogP contribution in [0.3, 0.4) is 0 Å². The molecule has 1 aromatic heterocycles. The van der Waals surface area contributed by atoms with Crippen molar-refractivity contribution in [3.8, 4) is 11.1 Å². The molecular weight excluding hydrogens is 255 g/mol. The molecular formula is C13H12ClFN2O. The van der Waals surface area contributed by atoms with Gasteiger partial charge in [0.2, 0.25) is 0 Å². The van der Waals surface area contributed by atoms with Gasteiger partial charge in [-0.05, 0) is 37.0 Å². The molecule has 1 heterocycles. The molecule has 1 fully saturated rings. The van der Waals surface area contributed by atoms with Gasteiger partial charge in [0.1, 0.15) is 11.6 Å². The number of hydrogen-bond donors (Lipinski definition) is 1. The van der Waals surface area contributed by atoms with Gasteiger partial charge < -0.3 is 10.3 Å². The summed E-state index contributed by atoms with van der Waals surface area (Å²) in [6.07, 6.45) is 3.22. The molecule has 0 amide bonds. The third kappa shape index (κ3) is 2.08. The van der Waals surface area contributed by atoms with E-state index in [1.165, 1.54) is 25.0 Å². The highest BCUT2D eigenvalue weighted by atomic mass is 35.5. The van der Waals surface area contributed by atoms with Crippen LogP contribution in [0, 0.1) is 11.7 Å². The molecule has 0 aliphatic heterocycles. The number of nitrogens with zero attached hydrogens (tertiary/aromatic N) is 1. The Morgan fingerprint density at radius 1 is 1.44 bits per heavy atom. The van der Waals surface area contributed by atoms with Crippen LogP contribution in [0.4, 0.5) is 10.2 Å². The Morgan fingerprint density at radius 2 is 2.22 bits per heavy atom. The molecule has 1 aromatic carbocycles. The number of hydrogen-bond acceptors (Lipinski definition) is 3. The Labute approximate surface area is 109 Å². The van der Waals surface area contributed by atoms with Gasteiger partial charge in [0, 0.05) is 12.0 Å². The van der Waals surface area contributed by atoms with Gasteiger partial charge in [0.15, 0.2) is 5.82 Å². The van der Waals surface area contributed by atoms with Crippen LogP contribution < -0.4 is 5.73 Å². The Bertz CT molecular complexity index is 593. The molecule has 2 N–H and O–H groups in total. The quantitative estimate of drug-likeness (QED) is 0.922. The van der Waals surface area contributed by atoms with Gasteiger partial charge in [-0.15, -0.1) is 0 Å². The Hall–Kier alpha value is -1.55. The first-order chi connectivity index (χ1) is 8.65. The third-order valence-corrected chi connectivity index (χ3v) is 3.47. The van der Waals surface area contributed by atoms with E-state index in [0.29, 0.717) is 27.9 Å². The van der Waals surface area contributed by atoms with Crippen molar-refractivity contribution in [2.45, 2.75) is 19.3 Å². The molecule has 0 radical (unpaired) electrons. The summed E-state index contributed by atoms with van der Waals surface area (Å²) < 4.78 is 18.3. The molecule has 3 nitrogen and oxygen atoms in total. The summed E-state index contributed by atoms with van der Waals surface area (Å²) >= 11 is 6.05. The predicted octanol–water partition coefficient (Wildman–Crippen LogP) is 3.67. The molecule has 1 aliphatic rings. The molecule has 0 bridgehead atoms. The standard InChI is InChI=1S/C13H12ClFN2O/c14-10-6-8(15)3-4-9(10)12-11(5-7-1-2-7)18-17-13(12)16/h3-4,6-7H,1-2,5H2,(H2,16,17). The Kier molecular flexibility index (Phi) is 2.74. The van der Waals surface area contributed by atoms with Crippen LogP contribution in [-0.2, 0) is 6.42 Å². The molecule has 18 heavy (non-hydrogen) atoms. The minimum absolute atomic E-state index is 0.305. The van der Waals surface area contributed by atoms with E-state index in [9.17, 15) is 4.39 Å². The first-order valence-corrected chi connectivity index (χ1v) is 6.22. The zero-order valence-electron chi connectivity index (χ0n) is 9.62. The topological polar surface area (TPSA) is 52.0 Å². The van der Waals surface area contributed by atoms with E-state index in [0.717, 1.165) is 12.2 Å². The van der Waals surface area contributed by atoms with Gasteiger partial charge in [-0.2, -0.15) is 0 Å². The van der Waals surface area contributed by atoms with Gasteiger partial charge in [-0.25, -0.2) is 4.39 Å². The fourth-order valence-electron chi connectivity index (χ4n) is 2.04. The van der Waals surface area contributed by atoms with E-state index < -0.39 is 0 Å². The molecule has 1 aliphatic carbocycles. The number of rotatable bonds is 3. The molecule has 3 rings (SSSR count). The van der Waals surface area contributed by atoms with Gasteiger partial charge in [-0.1, -0.05) is 16.8 Å². The van der Waals surface area contributed by atoms with Crippen LogP contribution >= 0.6 is 11.6 Å². The van der Waals surface area contributed by atoms with Gasteiger partial charge in [0.05, 0.1) is 10.6 Å². The van der Waals surface area contributed by atoms with Crippen molar-refractivity contribution >= 4 is 17.4 Å². The minimum atomic E-state index is -0.373. The van der Waals surface area contributed by atoms with Crippen molar-refractivity contribution in [1.29, 1.82) is 0 Å². The van der Waals surface area contributed by atoms with E-state index in [4.69, 9.17) is 21.9 Å². The summed E-state index contributed by atoms with van der Waals surface area (Å²) in [5.74, 6) is 1.32. The second-order valence-corrected chi connectivity index (χ2v) is 5.04. The highest BCUT2D eigenvalue weighted by molar-refractivity contribution is 6.33. The molecule has 5 heteroatoms. The Balaban J connectivity index is 2.06. The average Bonchev–Trinajstić information content (AvgIpc) is 3.06. The lowest BCUT2D eigenvalue weighted by atomic mass is 10.0. The van der Waals surface area contributed by atoms with Crippen LogP contribution in [-0.4, -0.2) is 5.16 Å². The van der Waals surface area contributed by atoms with E-state index in [-0.39, 0.29) is 5.82 Å². The second-order valence-electron chi connectivity index (χ2n) is 4.64. The predicted molar refractivity (Wildman–Crippen MR) is 67.7 cm³/mol. The van der Waals surface area contributed by atoms with Crippen molar-refractivity contribution in [3.05, 3.63) is 34.8 Å². The minimum Gasteiger partial charge on any atom is -0.380 e. The summed E-state index contributed by atoms with van der Waals surface area (Å²) in [5.41, 5.74) is 7.19. The summed E-state index contributed by atoms with van der Waals surface area (Å²) in [5, 5.41) is 4.11. The molecule has 1 saturated carbocycles. The second kappa shape index (κ2) is 4.28. The highest BCUT2D eigenvalue weighted by Gasteiger charge is 2.27. The SMILES string of the molecule is Nc1noc(CC2CC2)c1-c1ccc(F)cc1Cl. The summed E-state index contributed by atoms with van der Waals surface area (Å²) in [4.78, 5) is 0. The maximum atomic E-state index is 13.1. The fourth-order valence-corrected chi connectivity index (χ4v) is 2.30. The van der Waals surface area contributed by atoms with Crippen LogP contribution in [0.15, 0.2) is 22.7 Å². The molecule has 0 spiro atoms. The van der Waals surface area contributed by atoms with E-state index in [1.807, 2.05) is 0 Å². The van der Waals surface area contributed by atoms with Crippen LogP contribution in [0.2, 0.25) is 5.02 Å².